The zero-order valence-electron chi connectivity index (χ0n) is 16.6. The van der Waals surface area contributed by atoms with Crippen LogP contribution >= 0.6 is 0 Å². The molecule has 0 N–H and O–H groups in total. The number of esters is 1. The molecule has 0 bridgehead atoms. The summed E-state index contributed by atoms with van der Waals surface area (Å²) in [6, 6.07) is 9.03. The number of amides is 1. The van der Waals surface area contributed by atoms with E-state index in [-0.39, 0.29) is 6.61 Å². The number of ether oxygens (including phenoxy) is 3. The van der Waals surface area contributed by atoms with Crippen molar-refractivity contribution in [3.05, 3.63) is 35.9 Å². The molecule has 1 aromatic rings. The highest BCUT2D eigenvalue weighted by Gasteiger charge is 2.30. The van der Waals surface area contributed by atoms with Gasteiger partial charge < -0.3 is 14.2 Å². The summed E-state index contributed by atoms with van der Waals surface area (Å²) < 4.78 is 15.2. The highest BCUT2D eigenvalue weighted by Crippen LogP contribution is 2.13. The van der Waals surface area contributed by atoms with E-state index in [2.05, 4.69) is 0 Å². The van der Waals surface area contributed by atoms with Crippen LogP contribution in [0.5, 0.6) is 0 Å². The highest BCUT2D eigenvalue weighted by atomic mass is 16.8. The van der Waals surface area contributed by atoms with Crippen molar-refractivity contribution in [2.45, 2.75) is 59.4 Å². The van der Waals surface area contributed by atoms with Crippen LogP contribution in [-0.4, -0.2) is 41.0 Å². The maximum atomic E-state index is 12.2. The second kappa shape index (κ2) is 9.25. The number of hydroxylamine groups is 2. The minimum absolute atomic E-state index is 0.0221. The van der Waals surface area contributed by atoms with Crippen molar-refractivity contribution in [3.8, 4) is 0 Å². The molecule has 0 fully saturated rings. The van der Waals surface area contributed by atoms with Gasteiger partial charge in [0.1, 0.15) is 17.8 Å². The topological polar surface area (TPSA) is 91.4 Å². The third kappa shape index (κ3) is 10.1. The van der Waals surface area contributed by atoms with E-state index in [4.69, 9.17) is 19.0 Å². The maximum absolute atomic E-state index is 12.2. The first-order chi connectivity index (χ1) is 12.4. The molecule has 0 spiro atoms. The van der Waals surface area contributed by atoms with Crippen LogP contribution in [0, 0.1) is 0 Å². The first kappa shape index (κ1) is 22.3. The van der Waals surface area contributed by atoms with Crippen LogP contribution in [0.1, 0.15) is 47.1 Å². The number of carbonyl (C=O) groups is 3. The van der Waals surface area contributed by atoms with Gasteiger partial charge in [-0.05, 0) is 47.1 Å². The van der Waals surface area contributed by atoms with E-state index in [1.54, 1.807) is 53.7 Å². The fraction of sp³-hybridized carbons (Fsp3) is 0.526. The van der Waals surface area contributed by atoms with Crippen molar-refractivity contribution in [1.82, 2.24) is 5.06 Å². The van der Waals surface area contributed by atoms with E-state index in [0.29, 0.717) is 5.06 Å². The van der Waals surface area contributed by atoms with Crippen LogP contribution in [0.25, 0.3) is 0 Å². The normalized spacial score (nSPS) is 11.3. The largest absolute Gasteiger partial charge is 0.534 e. The number of hydrogen-bond donors (Lipinski definition) is 0. The smallest absolute Gasteiger partial charge is 0.459 e. The maximum Gasteiger partial charge on any atom is 0.534 e. The number of rotatable bonds is 4. The summed E-state index contributed by atoms with van der Waals surface area (Å²) in [6.45, 7) is 9.23. The predicted molar refractivity (Wildman–Crippen MR) is 96.5 cm³/mol. The van der Waals surface area contributed by atoms with E-state index >= 15 is 0 Å². The molecule has 8 heteroatoms. The van der Waals surface area contributed by atoms with Gasteiger partial charge in [-0.3, -0.25) is 4.84 Å². The van der Waals surface area contributed by atoms with Crippen molar-refractivity contribution >= 4 is 18.2 Å². The highest BCUT2D eigenvalue weighted by molar-refractivity contribution is 5.78. The van der Waals surface area contributed by atoms with Gasteiger partial charge in [-0.25, -0.2) is 14.4 Å². The standard InChI is InChI=1S/C19H27NO7/c1-18(2,3)25-16(22)20(27-17(23)26-19(4,5)6)12-15(21)24-13-14-10-8-7-9-11-14/h7-11H,12-13H2,1-6H3. The van der Waals surface area contributed by atoms with Gasteiger partial charge in [0.2, 0.25) is 0 Å². The lowest BCUT2D eigenvalue weighted by Crippen LogP contribution is -2.42. The van der Waals surface area contributed by atoms with Crippen LogP contribution in [0.3, 0.4) is 0 Å². The SMILES string of the molecule is CC(C)(C)OC(=O)ON(CC(=O)OCc1ccccc1)C(=O)OC(C)(C)C. The fourth-order valence-electron chi connectivity index (χ4n) is 1.71. The molecule has 1 amide bonds. The van der Waals surface area contributed by atoms with Crippen LogP contribution < -0.4 is 0 Å². The summed E-state index contributed by atoms with van der Waals surface area (Å²) in [5.41, 5.74) is -0.895. The minimum Gasteiger partial charge on any atom is -0.459 e. The van der Waals surface area contributed by atoms with Crippen molar-refractivity contribution in [2.24, 2.45) is 0 Å². The van der Waals surface area contributed by atoms with Crippen LogP contribution in [0.2, 0.25) is 0 Å². The molecule has 0 aliphatic heterocycles. The zero-order valence-corrected chi connectivity index (χ0v) is 16.6. The van der Waals surface area contributed by atoms with E-state index in [1.165, 1.54) is 0 Å². The molecule has 0 aliphatic rings. The molecule has 0 atom stereocenters. The molecule has 0 radical (unpaired) electrons. The Morgan fingerprint density at radius 1 is 0.889 bits per heavy atom. The van der Waals surface area contributed by atoms with Crippen LogP contribution in [0.15, 0.2) is 30.3 Å². The molecule has 0 heterocycles. The predicted octanol–water partition coefficient (Wildman–Crippen LogP) is 3.83. The monoisotopic (exact) mass is 381 g/mol. The second-order valence-corrected chi connectivity index (χ2v) is 7.72. The number of hydrogen-bond acceptors (Lipinski definition) is 7. The molecule has 1 aromatic carbocycles. The van der Waals surface area contributed by atoms with Gasteiger partial charge in [-0.2, -0.15) is 0 Å². The lowest BCUT2D eigenvalue weighted by atomic mass is 10.2. The summed E-state index contributed by atoms with van der Waals surface area (Å²) >= 11 is 0. The third-order valence-electron chi connectivity index (χ3n) is 2.69. The van der Waals surface area contributed by atoms with E-state index in [0.717, 1.165) is 5.56 Å². The molecule has 27 heavy (non-hydrogen) atoms. The van der Waals surface area contributed by atoms with E-state index in [9.17, 15) is 14.4 Å². The quantitative estimate of drug-likeness (QED) is 0.444. The van der Waals surface area contributed by atoms with Gasteiger partial charge in [0.05, 0.1) is 0 Å². The number of nitrogens with zero attached hydrogens (tertiary/aromatic N) is 1. The van der Waals surface area contributed by atoms with E-state index < -0.39 is 36.0 Å². The van der Waals surface area contributed by atoms with Gasteiger partial charge in [0, 0.05) is 0 Å². The Hall–Kier alpha value is -2.77. The Morgan fingerprint density at radius 3 is 1.96 bits per heavy atom. The third-order valence-corrected chi connectivity index (χ3v) is 2.69. The average molecular weight is 381 g/mol. The molecule has 0 saturated carbocycles. The zero-order chi connectivity index (χ0) is 20.7. The molecule has 150 valence electrons. The Kier molecular flexibility index (Phi) is 7.63. The molecular formula is C19H27NO7. The minimum atomic E-state index is -1.13. The first-order valence-electron chi connectivity index (χ1n) is 8.47. The lowest BCUT2D eigenvalue weighted by molar-refractivity contribution is -0.165. The summed E-state index contributed by atoms with van der Waals surface area (Å²) in [4.78, 5) is 41.0. The first-order valence-corrected chi connectivity index (χ1v) is 8.47. The molecule has 8 nitrogen and oxygen atoms in total. The van der Waals surface area contributed by atoms with Gasteiger partial charge in [0.15, 0.2) is 6.54 Å². The fourth-order valence-corrected chi connectivity index (χ4v) is 1.71. The average Bonchev–Trinajstić information content (AvgIpc) is 2.50. The summed E-state index contributed by atoms with van der Waals surface area (Å²) in [7, 11) is 0. The number of benzene rings is 1. The number of carbonyl (C=O) groups excluding carboxylic acids is 3. The molecule has 0 saturated heterocycles. The van der Waals surface area contributed by atoms with Crippen LogP contribution in [0.4, 0.5) is 9.59 Å². The van der Waals surface area contributed by atoms with Crippen molar-refractivity contribution in [1.29, 1.82) is 0 Å². The Labute approximate surface area is 159 Å². The molecule has 1 rings (SSSR count). The van der Waals surface area contributed by atoms with Crippen molar-refractivity contribution in [2.75, 3.05) is 6.54 Å². The van der Waals surface area contributed by atoms with Crippen LogP contribution in [-0.2, 0) is 30.4 Å². The Balaban J connectivity index is 2.72. The Bertz CT molecular complexity index is 644. The van der Waals surface area contributed by atoms with Gasteiger partial charge in [-0.15, -0.1) is 5.06 Å². The lowest BCUT2D eigenvalue weighted by Gasteiger charge is -2.26. The molecule has 0 unspecified atom stereocenters. The van der Waals surface area contributed by atoms with Gasteiger partial charge in [0.25, 0.3) is 0 Å². The molecular weight excluding hydrogens is 354 g/mol. The van der Waals surface area contributed by atoms with Crippen molar-refractivity contribution in [3.63, 3.8) is 0 Å². The summed E-state index contributed by atoms with van der Waals surface area (Å²) in [5, 5.41) is 0.479. The molecule has 0 aliphatic carbocycles. The van der Waals surface area contributed by atoms with E-state index in [1.807, 2.05) is 18.2 Å². The second-order valence-electron chi connectivity index (χ2n) is 7.72. The Morgan fingerprint density at radius 2 is 1.44 bits per heavy atom. The summed E-state index contributed by atoms with van der Waals surface area (Å²) in [5.74, 6) is -0.770. The molecule has 0 aromatic heterocycles. The van der Waals surface area contributed by atoms with Gasteiger partial charge >= 0.3 is 18.2 Å². The van der Waals surface area contributed by atoms with Gasteiger partial charge in [-0.1, -0.05) is 30.3 Å². The van der Waals surface area contributed by atoms with Crippen molar-refractivity contribution < 1.29 is 33.4 Å². The summed E-state index contributed by atoms with van der Waals surface area (Å²) in [6.07, 6.45) is -2.14.